The lowest BCUT2D eigenvalue weighted by molar-refractivity contribution is -0.138. The number of anilines is 2. The fourth-order valence-electron chi connectivity index (χ4n) is 4.74. The number of hydrogen-bond donors (Lipinski definition) is 2. The van der Waals surface area contributed by atoms with E-state index in [1.165, 1.54) is 6.20 Å². The van der Waals surface area contributed by atoms with Gasteiger partial charge in [0.05, 0.1) is 36.0 Å². The van der Waals surface area contributed by atoms with Gasteiger partial charge in [0.25, 0.3) is 0 Å². The van der Waals surface area contributed by atoms with Gasteiger partial charge in [-0.2, -0.15) is 18.4 Å². The van der Waals surface area contributed by atoms with Crippen molar-refractivity contribution in [2.45, 2.75) is 44.3 Å². The van der Waals surface area contributed by atoms with Crippen molar-refractivity contribution in [1.82, 2.24) is 19.9 Å². The van der Waals surface area contributed by atoms with Crippen LogP contribution < -0.4 is 10.6 Å². The second kappa shape index (κ2) is 10.7. The van der Waals surface area contributed by atoms with Gasteiger partial charge in [0.2, 0.25) is 11.9 Å². The number of fused-ring (bicyclic) bond motifs is 1. The van der Waals surface area contributed by atoms with E-state index in [2.05, 4.69) is 31.7 Å². The maximum Gasteiger partial charge on any atom is 0.417 e. The monoisotopic (exact) mass is 503 g/mol. The van der Waals surface area contributed by atoms with Gasteiger partial charge in [0.15, 0.2) is 0 Å². The molecule has 0 saturated carbocycles. The van der Waals surface area contributed by atoms with Gasteiger partial charge >= 0.3 is 6.18 Å². The Kier molecular flexibility index (Phi) is 7.59. The third-order valence-electron chi connectivity index (χ3n) is 6.84. The van der Waals surface area contributed by atoms with E-state index in [4.69, 9.17) is 4.74 Å². The third kappa shape index (κ3) is 5.51. The van der Waals surface area contributed by atoms with Crippen molar-refractivity contribution in [3.05, 3.63) is 40.8 Å². The summed E-state index contributed by atoms with van der Waals surface area (Å²) in [6.07, 6.45) is -0.317. The number of halogens is 3. The highest BCUT2D eigenvalue weighted by molar-refractivity contribution is 5.76. The van der Waals surface area contributed by atoms with Crippen LogP contribution in [-0.4, -0.2) is 65.2 Å². The molecule has 2 aromatic heterocycles. The van der Waals surface area contributed by atoms with Crippen LogP contribution in [0.5, 0.6) is 0 Å². The Labute approximate surface area is 207 Å². The number of hydrogen-bond acceptors (Lipinski definition) is 8. The highest BCUT2D eigenvalue weighted by Gasteiger charge is 2.36. The summed E-state index contributed by atoms with van der Waals surface area (Å²) in [6, 6.07) is 3.11. The number of piperidine rings is 1. The molecule has 1 fully saturated rings. The number of carbonyl (C=O) groups is 1. The molecule has 4 heterocycles. The summed E-state index contributed by atoms with van der Waals surface area (Å²) in [5.41, 5.74) is 0.0624. The van der Waals surface area contributed by atoms with Crippen molar-refractivity contribution < 1.29 is 22.7 Å². The zero-order valence-corrected chi connectivity index (χ0v) is 20.1. The molecular formula is C24H28F3N7O2. The standard InChI is InChI=1S/C24H28F3N7O2/c1-14(15-3-6-34(7-4-15)20(35)5-8-36-2)32-23-31-11-16(10-28)21(33-23)19-13-30-22-18(19)9-17(12-29-22)24(25,26)27/h9,11-12,14-15,19H,3-8,13H2,1-2H3,(H,29,30)(H,31,32,33). The number of nitrogens with one attached hydrogen (secondary N) is 2. The van der Waals surface area contributed by atoms with Crippen LogP contribution in [0.15, 0.2) is 18.5 Å². The van der Waals surface area contributed by atoms with Crippen LogP contribution in [0.4, 0.5) is 24.9 Å². The minimum atomic E-state index is -4.52. The molecule has 2 aliphatic rings. The van der Waals surface area contributed by atoms with Gasteiger partial charge in [-0.25, -0.2) is 15.0 Å². The summed E-state index contributed by atoms with van der Waals surface area (Å²) in [5.74, 6) is 0.467. The molecule has 9 nitrogen and oxygen atoms in total. The Bertz CT molecular complexity index is 1140. The molecule has 2 aromatic rings. The van der Waals surface area contributed by atoms with Crippen LogP contribution in [-0.2, 0) is 15.7 Å². The summed E-state index contributed by atoms with van der Waals surface area (Å²) < 4.78 is 44.8. The van der Waals surface area contributed by atoms with E-state index in [0.29, 0.717) is 49.1 Å². The third-order valence-corrected chi connectivity index (χ3v) is 6.84. The molecule has 36 heavy (non-hydrogen) atoms. The number of pyridine rings is 1. The van der Waals surface area contributed by atoms with E-state index in [1.807, 2.05) is 11.8 Å². The van der Waals surface area contributed by atoms with E-state index >= 15 is 0 Å². The lowest BCUT2D eigenvalue weighted by atomic mass is 9.90. The van der Waals surface area contributed by atoms with Crippen LogP contribution in [0.3, 0.4) is 0 Å². The number of likely N-dealkylation sites (tertiary alicyclic amines) is 1. The summed E-state index contributed by atoms with van der Waals surface area (Å²) in [6.45, 7) is 4.03. The predicted octanol–water partition coefficient (Wildman–Crippen LogP) is 3.39. The van der Waals surface area contributed by atoms with E-state index in [9.17, 15) is 23.2 Å². The van der Waals surface area contributed by atoms with Crippen molar-refractivity contribution in [2.24, 2.45) is 5.92 Å². The molecule has 0 spiro atoms. The average Bonchev–Trinajstić information content (AvgIpc) is 3.30. The van der Waals surface area contributed by atoms with Gasteiger partial charge in [-0.15, -0.1) is 0 Å². The number of aromatic nitrogens is 3. The number of carbonyl (C=O) groups excluding carboxylic acids is 1. The summed E-state index contributed by atoms with van der Waals surface area (Å²) in [7, 11) is 1.57. The molecule has 0 aromatic carbocycles. The van der Waals surface area contributed by atoms with Crippen molar-refractivity contribution in [2.75, 3.05) is 44.0 Å². The van der Waals surface area contributed by atoms with Crippen molar-refractivity contribution in [3.8, 4) is 6.07 Å². The smallest absolute Gasteiger partial charge is 0.384 e. The van der Waals surface area contributed by atoms with Gasteiger partial charge < -0.3 is 20.3 Å². The van der Waals surface area contributed by atoms with Crippen LogP contribution in [0.2, 0.25) is 0 Å². The molecule has 192 valence electrons. The Hall–Kier alpha value is -3.46. The fraction of sp³-hybridized carbons (Fsp3) is 0.542. The Balaban J connectivity index is 1.47. The van der Waals surface area contributed by atoms with E-state index in [1.54, 1.807) is 7.11 Å². The first-order valence-corrected chi connectivity index (χ1v) is 11.8. The topological polar surface area (TPSA) is 116 Å². The molecule has 0 radical (unpaired) electrons. The van der Waals surface area contributed by atoms with Gasteiger partial charge in [-0.05, 0) is 31.7 Å². The van der Waals surface area contributed by atoms with Gasteiger partial charge in [-0.1, -0.05) is 0 Å². The minimum absolute atomic E-state index is 0.00509. The number of nitriles is 1. The molecule has 1 saturated heterocycles. The lowest BCUT2D eigenvalue weighted by Crippen LogP contribution is -2.42. The predicted molar refractivity (Wildman–Crippen MR) is 125 cm³/mol. The Morgan fingerprint density at radius 1 is 1.33 bits per heavy atom. The number of rotatable bonds is 7. The second-order valence-corrected chi connectivity index (χ2v) is 9.09. The number of methoxy groups -OCH3 is 1. The minimum Gasteiger partial charge on any atom is -0.384 e. The van der Waals surface area contributed by atoms with E-state index in [-0.39, 0.29) is 30.0 Å². The normalized spacial score (nSPS) is 18.8. The highest BCUT2D eigenvalue weighted by Crippen LogP contribution is 2.39. The molecule has 0 aliphatic carbocycles. The second-order valence-electron chi connectivity index (χ2n) is 9.09. The number of amides is 1. The molecule has 2 N–H and O–H groups in total. The van der Waals surface area contributed by atoms with E-state index < -0.39 is 17.7 Å². The number of nitrogens with zero attached hydrogens (tertiary/aromatic N) is 5. The Morgan fingerprint density at radius 2 is 2.08 bits per heavy atom. The summed E-state index contributed by atoms with van der Waals surface area (Å²) >= 11 is 0. The van der Waals surface area contributed by atoms with E-state index in [0.717, 1.165) is 25.1 Å². The van der Waals surface area contributed by atoms with Crippen LogP contribution in [0, 0.1) is 17.2 Å². The Morgan fingerprint density at radius 3 is 2.75 bits per heavy atom. The SMILES string of the molecule is COCCC(=O)N1CCC(C(C)Nc2ncc(C#N)c(C3CNc4ncc(C(F)(F)F)cc43)n2)CC1. The lowest BCUT2D eigenvalue weighted by Gasteiger charge is -2.35. The maximum absolute atomic E-state index is 13.3. The zero-order chi connectivity index (χ0) is 25.9. The quantitative estimate of drug-likeness (QED) is 0.591. The van der Waals surface area contributed by atoms with Crippen molar-refractivity contribution in [1.29, 1.82) is 5.26 Å². The molecule has 2 unspecified atom stereocenters. The van der Waals surface area contributed by atoms with Crippen molar-refractivity contribution in [3.63, 3.8) is 0 Å². The summed E-state index contributed by atoms with van der Waals surface area (Å²) in [4.78, 5) is 26.8. The average molecular weight is 504 g/mol. The summed E-state index contributed by atoms with van der Waals surface area (Å²) in [5, 5.41) is 15.9. The van der Waals surface area contributed by atoms with Gasteiger partial charge in [-0.3, -0.25) is 4.79 Å². The molecule has 0 bridgehead atoms. The van der Waals surface area contributed by atoms with Crippen LogP contribution >= 0.6 is 0 Å². The zero-order valence-electron chi connectivity index (χ0n) is 20.1. The number of ether oxygens (including phenoxy) is 1. The first-order valence-electron chi connectivity index (χ1n) is 11.8. The van der Waals surface area contributed by atoms with Crippen LogP contribution in [0.25, 0.3) is 0 Å². The number of alkyl halides is 3. The molecular weight excluding hydrogens is 475 g/mol. The maximum atomic E-state index is 13.3. The first kappa shape index (κ1) is 25.6. The van der Waals surface area contributed by atoms with Gasteiger partial charge in [0.1, 0.15) is 11.9 Å². The molecule has 12 heteroatoms. The molecule has 4 rings (SSSR count). The van der Waals surface area contributed by atoms with Gasteiger partial charge in [0, 0.05) is 50.5 Å². The largest absolute Gasteiger partial charge is 0.417 e. The molecule has 2 atom stereocenters. The molecule has 1 amide bonds. The van der Waals surface area contributed by atoms with Crippen molar-refractivity contribution >= 4 is 17.7 Å². The highest BCUT2D eigenvalue weighted by atomic mass is 19.4. The molecule has 2 aliphatic heterocycles. The fourth-order valence-corrected chi connectivity index (χ4v) is 4.74. The first-order chi connectivity index (χ1) is 17.2. The van der Waals surface area contributed by atoms with Crippen LogP contribution in [0.1, 0.15) is 54.5 Å².